The lowest BCUT2D eigenvalue weighted by Gasteiger charge is -1.99. The van der Waals surface area contributed by atoms with Crippen molar-refractivity contribution in [3.8, 4) is 0 Å². The number of amides is 1. The van der Waals surface area contributed by atoms with Gasteiger partial charge in [0.15, 0.2) is 0 Å². The molecule has 21 heavy (non-hydrogen) atoms. The van der Waals surface area contributed by atoms with Crippen molar-refractivity contribution in [2.75, 3.05) is 5.32 Å². The Balaban J connectivity index is 1.91. The number of hydrogen-bond acceptors (Lipinski definition) is 3. The van der Waals surface area contributed by atoms with E-state index in [-0.39, 0.29) is 5.91 Å². The zero-order valence-electron chi connectivity index (χ0n) is 11.4. The fraction of sp³-hybridized carbons (Fsp3) is 0.0625. The van der Waals surface area contributed by atoms with Crippen LogP contribution in [-0.2, 0) is 11.8 Å². The predicted octanol–water partition coefficient (Wildman–Crippen LogP) is 2.46. The summed E-state index contributed by atoms with van der Waals surface area (Å²) >= 11 is 0. The van der Waals surface area contributed by atoms with E-state index in [2.05, 4.69) is 15.3 Å². The number of anilines is 1. The maximum absolute atomic E-state index is 12.1. The smallest absolute Gasteiger partial charge is 0.256 e. The quantitative estimate of drug-likeness (QED) is 0.694. The van der Waals surface area contributed by atoms with Gasteiger partial charge >= 0.3 is 0 Å². The number of imidazole rings is 1. The normalized spacial score (nSPS) is 15.5. The fourth-order valence-corrected chi connectivity index (χ4v) is 2.60. The molecule has 0 unspecified atom stereocenters. The summed E-state index contributed by atoms with van der Waals surface area (Å²) in [6.07, 6.45) is 5.17. The zero-order chi connectivity index (χ0) is 14.4. The molecule has 0 aliphatic carbocycles. The lowest BCUT2D eigenvalue weighted by Crippen LogP contribution is -2.04. The van der Waals surface area contributed by atoms with Crippen LogP contribution in [0.3, 0.4) is 0 Å². The first-order valence-corrected chi connectivity index (χ1v) is 6.63. The van der Waals surface area contributed by atoms with Gasteiger partial charge in [-0.15, -0.1) is 0 Å². The van der Waals surface area contributed by atoms with Crippen LogP contribution in [0.15, 0.2) is 42.7 Å². The number of aromatic nitrogens is 3. The van der Waals surface area contributed by atoms with Crippen molar-refractivity contribution in [3.63, 3.8) is 0 Å². The number of pyridine rings is 1. The van der Waals surface area contributed by atoms with Crippen LogP contribution < -0.4 is 5.32 Å². The van der Waals surface area contributed by atoms with E-state index in [9.17, 15) is 4.79 Å². The van der Waals surface area contributed by atoms with Crippen molar-refractivity contribution < 1.29 is 4.79 Å². The molecule has 0 fully saturated rings. The topological polar surface area (TPSA) is 59.8 Å². The molecule has 5 nitrogen and oxygen atoms in total. The second kappa shape index (κ2) is 4.28. The number of hydrogen-bond donors (Lipinski definition) is 1. The molecule has 0 radical (unpaired) electrons. The molecular formula is C16H12N4O. The Hall–Kier alpha value is -2.95. The molecule has 0 bridgehead atoms. The Kier molecular flexibility index (Phi) is 2.41. The second-order valence-corrected chi connectivity index (χ2v) is 4.95. The highest BCUT2D eigenvalue weighted by Gasteiger charge is 2.24. The van der Waals surface area contributed by atoms with Crippen molar-refractivity contribution in [1.29, 1.82) is 0 Å². The average molecular weight is 276 g/mol. The van der Waals surface area contributed by atoms with Crippen molar-refractivity contribution in [2.45, 2.75) is 0 Å². The van der Waals surface area contributed by atoms with Gasteiger partial charge in [-0.05, 0) is 24.3 Å². The molecule has 1 aliphatic heterocycles. The number of rotatable bonds is 1. The van der Waals surface area contributed by atoms with Gasteiger partial charge in [-0.2, -0.15) is 0 Å². The average Bonchev–Trinajstić information content (AvgIpc) is 2.99. The van der Waals surface area contributed by atoms with E-state index in [4.69, 9.17) is 0 Å². The minimum absolute atomic E-state index is 0.120. The molecule has 5 heteroatoms. The molecule has 0 saturated carbocycles. The van der Waals surface area contributed by atoms with E-state index in [1.807, 2.05) is 42.0 Å². The van der Waals surface area contributed by atoms with Crippen LogP contribution in [0.5, 0.6) is 0 Å². The summed E-state index contributed by atoms with van der Waals surface area (Å²) in [5.74, 6) is 0.628. The molecule has 1 amide bonds. The third-order valence-electron chi connectivity index (χ3n) is 3.70. The monoisotopic (exact) mass is 276 g/mol. The standard InChI is InChI=1S/C16H12N4O/c1-20-14-5-3-2-4-13(14)18-15(20)8-10-11-9-17-7-6-12(11)19-16(10)21/h2-9H,1H3,(H,19,21). The van der Waals surface area contributed by atoms with Gasteiger partial charge < -0.3 is 9.88 Å². The Morgan fingerprint density at radius 2 is 2.10 bits per heavy atom. The molecule has 0 saturated heterocycles. The Morgan fingerprint density at radius 1 is 1.24 bits per heavy atom. The number of benzene rings is 1. The first-order chi connectivity index (χ1) is 10.2. The van der Waals surface area contributed by atoms with Crippen molar-refractivity contribution in [2.24, 2.45) is 7.05 Å². The van der Waals surface area contributed by atoms with Crippen molar-refractivity contribution in [1.82, 2.24) is 14.5 Å². The van der Waals surface area contributed by atoms with Gasteiger partial charge in [0, 0.05) is 25.0 Å². The SMILES string of the molecule is Cn1c(C=C2C(=O)Nc3ccncc32)nc2ccccc21. The number of nitrogens with zero attached hydrogens (tertiary/aromatic N) is 3. The Morgan fingerprint density at radius 3 is 2.95 bits per heavy atom. The molecule has 0 spiro atoms. The van der Waals surface area contributed by atoms with E-state index in [1.165, 1.54) is 0 Å². The summed E-state index contributed by atoms with van der Waals surface area (Å²) in [6, 6.07) is 9.69. The van der Waals surface area contributed by atoms with Crippen LogP contribution in [0, 0.1) is 0 Å². The molecule has 102 valence electrons. The number of aryl methyl sites for hydroxylation is 1. The minimum atomic E-state index is -0.120. The van der Waals surface area contributed by atoms with Gasteiger partial charge in [-0.25, -0.2) is 4.98 Å². The van der Waals surface area contributed by atoms with E-state index in [0.29, 0.717) is 5.57 Å². The molecule has 3 heterocycles. The lowest BCUT2D eigenvalue weighted by atomic mass is 10.1. The van der Waals surface area contributed by atoms with Gasteiger partial charge in [0.2, 0.25) is 0 Å². The highest BCUT2D eigenvalue weighted by Crippen LogP contribution is 2.32. The molecule has 2 aromatic heterocycles. The maximum Gasteiger partial charge on any atom is 0.256 e. The Bertz CT molecular complexity index is 908. The number of fused-ring (bicyclic) bond motifs is 2. The summed E-state index contributed by atoms with van der Waals surface area (Å²) in [7, 11) is 1.94. The van der Waals surface area contributed by atoms with Gasteiger partial charge in [-0.3, -0.25) is 9.78 Å². The van der Waals surface area contributed by atoms with Crippen LogP contribution in [0.1, 0.15) is 11.4 Å². The van der Waals surface area contributed by atoms with Crippen LogP contribution in [-0.4, -0.2) is 20.4 Å². The first-order valence-electron chi connectivity index (χ1n) is 6.63. The summed E-state index contributed by atoms with van der Waals surface area (Å²) in [5, 5.41) is 2.84. The van der Waals surface area contributed by atoms with Gasteiger partial charge in [0.1, 0.15) is 5.82 Å². The third kappa shape index (κ3) is 1.74. The highest BCUT2D eigenvalue weighted by atomic mass is 16.2. The van der Waals surface area contributed by atoms with Crippen LogP contribution in [0.25, 0.3) is 22.7 Å². The Labute approximate surface area is 121 Å². The van der Waals surface area contributed by atoms with E-state index < -0.39 is 0 Å². The minimum Gasteiger partial charge on any atom is -0.328 e. The van der Waals surface area contributed by atoms with Crippen LogP contribution in [0.4, 0.5) is 5.69 Å². The number of carbonyl (C=O) groups excluding carboxylic acids is 1. The van der Waals surface area contributed by atoms with Crippen LogP contribution in [0.2, 0.25) is 0 Å². The zero-order valence-corrected chi connectivity index (χ0v) is 11.4. The van der Waals surface area contributed by atoms with Crippen LogP contribution >= 0.6 is 0 Å². The van der Waals surface area contributed by atoms with E-state index in [0.717, 1.165) is 28.1 Å². The van der Waals surface area contributed by atoms with Crippen molar-refractivity contribution in [3.05, 3.63) is 54.1 Å². The molecule has 1 N–H and O–H groups in total. The number of nitrogens with one attached hydrogen (secondary N) is 1. The summed E-state index contributed by atoms with van der Waals surface area (Å²) in [4.78, 5) is 20.8. The summed E-state index contributed by atoms with van der Waals surface area (Å²) < 4.78 is 1.98. The molecule has 1 aromatic carbocycles. The van der Waals surface area contributed by atoms with E-state index in [1.54, 1.807) is 18.5 Å². The molecule has 3 aromatic rings. The first kappa shape index (κ1) is 11.8. The highest BCUT2D eigenvalue weighted by molar-refractivity contribution is 6.34. The second-order valence-electron chi connectivity index (χ2n) is 4.95. The van der Waals surface area contributed by atoms with Crippen molar-refractivity contribution >= 4 is 34.3 Å². The molecule has 0 atom stereocenters. The predicted molar refractivity (Wildman–Crippen MR) is 81.5 cm³/mol. The molecule has 1 aliphatic rings. The number of carbonyl (C=O) groups is 1. The van der Waals surface area contributed by atoms with Gasteiger partial charge in [0.25, 0.3) is 5.91 Å². The summed E-state index contributed by atoms with van der Waals surface area (Å²) in [5.41, 5.74) is 4.15. The van der Waals surface area contributed by atoms with Gasteiger partial charge in [0.05, 0.1) is 22.3 Å². The van der Waals surface area contributed by atoms with E-state index >= 15 is 0 Å². The largest absolute Gasteiger partial charge is 0.328 e. The van der Waals surface area contributed by atoms with Gasteiger partial charge in [-0.1, -0.05) is 12.1 Å². The fourth-order valence-electron chi connectivity index (χ4n) is 2.60. The summed E-state index contributed by atoms with van der Waals surface area (Å²) in [6.45, 7) is 0. The molecular weight excluding hydrogens is 264 g/mol. The lowest BCUT2D eigenvalue weighted by molar-refractivity contribution is -0.110. The molecule has 4 rings (SSSR count). The number of para-hydroxylation sites is 2. The maximum atomic E-state index is 12.1. The third-order valence-corrected chi connectivity index (χ3v) is 3.70.